The second-order valence-electron chi connectivity index (χ2n) is 1.10. The largest absolute Gasteiger partial charge is 0.460 e. The van der Waals surface area contributed by atoms with Crippen LogP contribution in [0.5, 0.6) is 0 Å². The summed E-state index contributed by atoms with van der Waals surface area (Å²) in [5, 5.41) is 8.10. The van der Waals surface area contributed by atoms with E-state index in [0.29, 0.717) is 0 Å². The van der Waals surface area contributed by atoms with Gasteiger partial charge >= 0.3 is 5.97 Å². The number of aliphatic hydroxyl groups is 1. The van der Waals surface area contributed by atoms with Gasteiger partial charge in [-0.3, -0.25) is 0 Å². The summed E-state index contributed by atoms with van der Waals surface area (Å²) >= 11 is 0. The van der Waals surface area contributed by atoms with Gasteiger partial charge in [-0.2, -0.15) is 0 Å². The van der Waals surface area contributed by atoms with Gasteiger partial charge in [0.15, 0.2) is 0 Å². The smallest absolute Gasteiger partial charge is 0.330 e. The van der Waals surface area contributed by atoms with Gasteiger partial charge in [-0.05, 0) is 0 Å². The summed E-state index contributed by atoms with van der Waals surface area (Å²) in [4.78, 5) is 10.1. The molecule has 3 heteroatoms. The van der Waals surface area contributed by atoms with Crippen molar-refractivity contribution in [2.75, 3.05) is 13.2 Å². The van der Waals surface area contributed by atoms with E-state index in [4.69, 9.17) is 5.11 Å². The molecule has 0 bridgehead atoms. The van der Waals surface area contributed by atoms with Crippen molar-refractivity contribution in [1.29, 1.82) is 0 Å². The SMILES string of the molecule is C=C.C=CC(=O)OCCO. The molecule has 0 rings (SSSR count). The quantitative estimate of drug-likeness (QED) is 0.356. The Hall–Kier alpha value is -1.09. The number of esters is 1. The zero-order valence-corrected chi connectivity index (χ0v) is 5.88. The first-order chi connectivity index (χ1) is 4.81. The van der Waals surface area contributed by atoms with Crippen LogP contribution in [0.4, 0.5) is 0 Å². The molecular formula is C7H12O3. The Morgan fingerprint density at radius 2 is 2.10 bits per heavy atom. The highest BCUT2D eigenvalue weighted by Crippen LogP contribution is 1.75. The highest BCUT2D eigenvalue weighted by molar-refractivity contribution is 5.81. The van der Waals surface area contributed by atoms with E-state index >= 15 is 0 Å². The average molecular weight is 144 g/mol. The molecule has 0 fully saturated rings. The van der Waals surface area contributed by atoms with Crippen LogP contribution in [0.3, 0.4) is 0 Å². The van der Waals surface area contributed by atoms with Crippen molar-refractivity contribution in [2.45, 2.75) is 0 Å². The highest BCUT2D eigenvalue weighted by Gasteiger charge is 1.90. The number of ether oxygens (including phenoxy) is 1. The zero-order valence-electron chi connectivity index (χ0n) is 5.88. The first-order valence-electron chi connectivity index (χ1n) is 2.71. The van der Waals surface area contributed by atoms with Crippen LogP contribution in [0.1, 0.15) is 0 Å². The summed E-state index contributed by atoms with van der Waals surface area (Å²) in [6.07, 6.45) is 1.05. The van der Waals surface area contributed by atoms with Crippen LogP contribution in [0.25, 0.3) is 0 Å². The van der Waals surface area contributed by atoms with Crippen LogP contribution in [-0.4, -0.2) is 24.3 Å². The number of rotatable bonds is 3. The van der Waals surface area contributed by atoms with Gasteiger partial charge in [0, 0.05) is 6.08 Å². The maximum Gasteiger partial charge on any atom is 0.330 e. The molecule has 0 radical (unpaired) electrons. The molecule has 0 aromatic carbocycles. The fraction of sp³-hybridized carbons (Fsp3) is 0.286. The fourth-order valence-electron chi connectivity index (χ4n) is 0.205. The molecule has 1 N–H and O–H groups in total. The summed E-state index contributed by atoms with van der Waals surface area (Å²) in [6.45, 7) is 9.06. The van der Waals surface area contributed by atoms with Gasteiger partial charge in [-0.1, -0.05) is 6.58 Å². The van der Waals surface area contributed by atoms with Gasteiger partial charge in [0.1, 0.15) is 6.61 Å². The fourth-order valence-corrected chi connectivity index (χ4v) is 0.205. The van der Waals surface area contributed by atoms with Crippen molar-refractivity contribution in [3.05, 3.63) is 25.8 Å². The molecule has 0 aromatic rings. The van der Waals surface area contributed by atoms with Crippen LogP contribution in [0.2, 0.25) is 0 Å². The minimum absolute atomic E-state index is 0.0465. The van der Waals surface area contributed by atoms with Crippen LogP contribution >= 0.6 is 0 Å². The molecule has 0 amide bonds. The van der Waals surface area contributed by atoms with E-state index in [9.17, 15) is 4.79 Å². The highest BCUT2D eigenvalue weighted by atomic mass is 16.5. The van der Waals surface area contributed by atoms with Crippen molar-refractivity contribution in [3.63, 3.8) is 0 Å². The molecule has 0 aliphatic heterocycles. The molecule has 0 aliphatic rings. The molecule has 0 atom stereocenters. The van der Waals surface area contributed by atoms with Gasteiger partial charge in [-0.25, -0.2) is 4.79 Å². The molecule has 0 heterocycles. The third-order valence-electron chi connectivity index (χ3n) is 0.502. The normalized spacial score (nSPS) is 6.90. The van der Waals surface area contributed by atoms with Crippen molar-refractivity contribution in [2.24, 2.45) is 0 Å². The summed E-state index contributed by atoms with van der Waals surface area (Å²) in [5.74, 6) is -0.501. The molecule has 0 spiro atoms. The maximum atomic E-state index is 10.1. The third-order valence-corrected chi connectivity index (χ3v) is 0.502. The molecular weight excluding hydrogens is 132 g/mol. The molecule has 3 nitrogen and oxygen atoms in total. The zero-order chi connectivity index (χ0) is 8.41. The molecule has 0 aliphatic carbocycles. The molecule has 10 heavy (non-hydrogen) atoms. The predicted molar refractivity (Wildman–Crippen MR) is 39.5 cm³/mol. The lowest BCUT2D eigenvalue weighted by atomic mass is 10.6. The van der Waals surface area contributed by atoms with Crippen molar-refractivity contribution in [1.82, 2.24) is 0 Å². The average Bonchev–Trinajstić information content (AvgIpc) is 2.04. The summed E-state index contributed by atoms with van der Waals surface area (Å²) in [6, 6.07) is 0. The predicted octanol–water partition coefficient (Wildman–Crippen LogP) is 0.510. The number of hydrogen-bond acceptors (Lipinski definition) is 3. The topological polar surface area (TPSA) is 46.5 Å². The summed E-state index contributed by atoms with van der Waals surface area (Å²) < 4.78 is 4.33. The molecule has 58 valence electrons. The Kier molecular flexibility index (Phi) is 12.6. The van der Waals surface area contributed by atoms with Crippen LogP contribution < -0.4 is 0 Å². The minimum Gasteiger partial charge on any atom is -0.460 e. The first kappa shape index (κ1) is 11.7. The maximum absolute atomic E-state index is 10.1. The lowest BCUT2D eigenvalue weighted by molar-refractivity contribution is -0.138. The van der Waals surface area contributed by atoms with Crippen molar-refractivity contribution in [3.8, 4) is 0 Å². The Bertz CT molecular complexity index is 99.0. The number of hydrogen-bond donors (Lipinski definition) is 1. The Morgan fingerprint density at radius 3 is 2.40 bits per heavy atom. The second-order valence-corrected chi connectivity index (χ2v) is 1.10. The van der Waals surface area contributed by atoms with Gasteiger partial charge < -0.3 is 9.84 Å². The first-order valence-corrected chi connectivity index (χ1v) is 2.71. The van der Waals surface area contributed by atoms with Gasteiger partial charge in [-0.15, -0.1) is 13.2 Å². The number of carbonyl (C=O) groups is 1. The van der Waals surface area contributed by atoms with Gasteiger partial charge in [0.05, 0.1) is 6.61 Å². The van der Waals surface area contributed by atoms with E-state index in [2.05, 4.69) is 24.5 Å². The minimum atomic E-state index is -0.501. The van der Waals surface area contributed by atoms with Gasteiger partial charge in [0.25, 0.3) is 0 Å². The lowest BCUT2D eigenvalue weighted by Gasteiger charge is -1.94. The Morgan fingerprint density at radius 1 is 1.60 bits per heavy atom. The van der Waals surface area contributed by atoms with E-state index in [-0.39, 0.29) is 13.2 Å². The molecule has 0 saturated heterocycles. The van der Waals surface area contributed by atoms with E-state index < -0.39 is 5.97 Å². The van der Waals surface area contributed by atoms with Gasteiger partial charge in [0.2, 0.25) is 0 Å². The van der Waals surface area contributed by atoms with E-state index in [1.54, 1.807) is 0 Å². The van der Waals surface area contributed by atoms with Crippen LogP contribution in [0.15, 0.2) is 25.8 Å². The van der Waals surface area contributed by atoms with Crippen molar-refractivity contribution < 1.29 is 14.6 Å². The third kappa shape index (κ3) is 10.0. The Balaban J connectivity index is 0. The number of carbonyl (C=O) groups excluding carboxylic acids is 1. The number of aliphatic hydroxyl groups excluding tert-OH is 1. The molecule has 0 aromatic heterocycles. The standard InChI is InChI=1S/C5H8O3.C2H4/c1-2-5(7)8-4-3-6;1-2/h2,6H,1,3-4H2;1-2H2. The lowest BCUT2D eigenvalue weighted by Crippen LogP contribution is -2.04. The van der Waals surface area contributed by atoms with Crippen LogP contribution in [-0.2, 0) is 9.53 Å². The molecule has 0 saturated carbocycles. The van der Waals surface area contributed by atoms with Crippen LogP contribution in [0, 0.1) is 0 Å². The second kappa shape index (κ2) is 10.8. The van der Waals surface area contributed by atoms with E-state index in [1.165, 1.54) is 0 Å². The summed E-state index contributed by atoms with van der Waals surface area (Å²) in [5.41, 5.74) is 0. The molecule has 0 unspecified atom stereocenters. The van der Waals surface area contributed by atoms with Crippen molar-refractivity contribution >= 4 is 5.97 Å². The van der Waals surface area contributed by atoms with E-state index in [0.717, 1.165) is 6.08 Å². The monoisotopic (exact) mass is 144 g/mol. The van der Waals surface area contributed by atoms with E-state index in [1.807, 2.05) is 0 Å². The Labute approximate surface area is 60.6 Å². The summed E-state index contributed by atoms with van der Waals surface area (Å²) in [7, 11) is 0.